The molecule has 0 bridgehead atoms. The van der Waals surface area contributed by atoms with E-state index in [2.05, 4.69) is 6.58 Å². The van der Waals surface area contributed by atoms with Gasteiger partial charge in [-0.25, -0.2) is 4.79 Å². The van der Waals surface area contributed by atoms with E-state index in [1.54, 1.807) is 4.90 Å². The fraction of sp³-hybridized carbons (Fsp3) is 0.667. The molecule has 0 radical (unpaired) electrons. The highest BCUT2D eigenvalue weighted by Crippen LogP contribution is 2.39. The van der Waals surface area contributed by atoms with Gasteiger partial charge < -0.3 is 14.4 Å². The van der Waals surface area contributed by atoms with Gasteiger partial charge in [-0.15, -0.1) is 0 Å². The van der Waals surface area contributed by atoms with Crippen LogP contribution in [0.4, 0.5) is 4.79 Å². The van der Waals surface area contributed by atoms with Crippen LogP contribution in [0.25, 0.3) is 0 Å². The van der Waals surface area contributed by atoms with Crippen LogP contribution in [0.15, 0.2) is 12.2 Å². The van der Waals surface area contributed by atoms with Crippen molar-refractivity contribution in [2.75, 3.05) is 20.3 Å². The molecular formula is C12H17NO4. The zero-order valence-electron chi connectivity index (χ0n) is 10.1. The van der Waals surface area contributed by atoms with Gasteiger partial charge in [-0.3, -0.25) is 4.79 Å². The van der Waals surface area contributed by atoms with Crippen LogP contribution < -0.4 is 0 Å². The second kappa shape index (κ2) is 4.39. The molecule has 0 unspecified atom stereocenters. The molecule has 5 nitrogen and oxygen atoms in total. The molecule has 3 atom stereocenters. The van der Waals surface area contributed by atoms with E-state index in [4.69, 9.17) is 9.47 Å². The largest absolute Gasteiger partial charge is 0.469 e. The van der Waals surface area contributed by atoms with E-state index in [-0.39, 0.29) is 29.9 Å². The molecule has 2 aliphatic heterocycles. The van der Waals surface area contributed by atoms with Gasteiger partial charge >= 0.3 is 12.1 Å². The Morgan fingerprint density at radius 1 is 1.65 bits per heavy atom. The van der Waals surface area contributed by atoms with Crippen molar-refractivity contribution < 1.29 is 19.1 Å². The van der Waals surface area contributed by atoms with Crippen molar-refractivity contribution in [2.24, 2.45) is 11.8 Å². The lowest BCUT2D eigenvalue weighted by Crippen LogP contribution is -2.31. The maximum absolute atomic E-state index is 11.5. The van der Waals surface area contributed by atoms with Crippen LogP contribution in [0.2, 0.25) is 0 Å². The Balaban J connectivity index is 2.16. The number of hydrogen-bond donors (Lipinski definition) is 0. The lowest BCUT2D eigenvalue weighted by molar-refractivity contribution is -0.142. The molecule has 0 aromatic rings. The summed E-state index contributed by atoms with van der Waals surface area (Å²) in [7, 11) is 1.38. The summed E-state index contributed by atoms with van der Waals surface area (Å²) >= 11 is 0. The molecule has 94 valence electrons. The molecule has 0 N–H and O–H groups in total. The average Bonchev–Trinajstić information content (AvgIpc) is 2.81. The summed E-state index contributed by atoms with van der Waals surface area (Å²) in [6.45, 7) is 6.84. The van der Waals surface area contributed by atoms with Crippen molar-refractivity contribution in [3.8, 4) is 0 Å². The number of cyclic esters (lactones) is 1. The molecule has 1 amide bonds. The maximum atomic E-state index is 11.5. The summed E-state index contributed by atoms with van der Waals surface area (Å²) in [6, 6.07) is -0.0108. The van der Waals surface area contributed by atoms with Gasteiger partial charge in [-0.05, 0) is 6.92 Å². The van der Waals surface area contributed by atoms with Crippen molar-refractivity contribution in [1.82, 2.24) is 4.90 Å². The van der Waals surface area contributed by atoms with Gasteiger partial charge in [0.15, 0.2) is 0 Å². The zero-order chi connectivity index (χ0) is 12.6. The van der Waals surface area contributed by atoms with E-state index >= 15 is 0 Å². The lowest BCUT2D eigenvalue weighted by atomic mass is 9.84. The minimum atomic E-state index is -0.284. The number of hydrogen-bond acceptors (Lipinski definition) is 4. The van der Waals surface area contributed by atoms with Crippen LogP contribution in [-0.4, -0.2) is 43.3 Å². The molecule has 2 rings (SSSR count). The van der Waals surface area contributed by atoms with Crippen molar-refractivity contribution in [2.45, 2.75) is 19.4 Å². The van der Waals surface area contributed by atoms with Gasteiger partial charge in [-0.2, -0.15) is 0 Å². The third-order valence-corrected chi connectivity index (χ3v) is 3.68. The molecule has 0 aromatic heterocycles. The zero-order valence-corrected chi connectivity index (χ0v) is 10.1. The van der Waals surface area contributed by atoms with Crippen LogP contribution in [0, 0.1) is 11.8 Å². The van der Waals surface area contributed by atoms with Crippen LogP contribution in [-0.2, 0) is 14.3 Å². The summed E-state index contributed by atoms with van der Waals surface area (Å²) in [4.78, 5) is 24.6. The Morgan fingerprint density at radius 2 is 2.35 bits per heavy atom. The summed E-state index contributed by atoms with van der Waals surface area (Å²) in [5, 5.41) is 0. The van der Waals surface area contributed by atoms with E-state index in [0.29, 0.717) is 19.6 Å². The number of nitrogens with zero attached hydrogens (tertiary/aromatic N) is 1. The highest BCUT2D eigenvalue weighted by atomic mass is 16.6. The summed E-state index contributed by atoms with van der Waals surface area (Å²) in [5.41, 5.74) is 1.00. The van der Waals surface area contributed by atoms with Crippen molar-refractivity contribution in [3.63, 3.8) is 0 Å². The summed E-state index contributed by atoms with van der Waals surface area (Å²) < 4.78 is 9.70. The van der Waals surface area contributed by atoms with Crippen LogP contribution in [0.3, 0.4) is 0 Å². The summed E-state index contributed by atoms with van der Waals surface area (Å²) in [6.07, 6.45) is 0.0277. The summed E-state index contributed by atoms with van der Waals surface area (Å²) in [5.74, 6) is -0.0270. The monoisotopic (exact) mass is 239 g/mol. The maximum Gasteiger partial charge on any atom is 0.410 e. The predicted octanol–water partition coefficient (Wildman–Crippen LogP) is 1.19. The fourth-order valence-electron chi connectivity index (χ4n) is 2.72. The highest BCUT2D eigenvalue weighted by Gasteiger charge is 2.49. The lowest BCUT2D eigenvalue weighted by Gasteiger charge is -2.20. The quantitative estimate of drug-likeness (QED) is 0.548. The standard InChI is InChI=1S/C12H17NO4/c1-7(2)9-5-13-10(6-17-12(13)15)8(9)4-11(14)16-3/h8-10H,1,4-6H2,2-3H3/t8-,9+,10-/m1/s1. The minimum absolute atomic E-state index is 0.0108. The van der Waals surface area contributed by atoms with Crippen LogP contribution in [0.1, 0.15) is 13.3 Å². The molecule has 17 heavy (non-hydrogen) atoms. The molecule has 2 saturated heterocycles. The highest BCUT2D eigenvalue weighted by molar-refractivity contribution is 5.73. The van der Waals surface area contributed by atoms with Gasteiger partial charge in [0.25, 0.3) is 0 Å². The Bertz CT molecular complexity index is 366. The third kappa shape index (κ3) is 2.01. The Kier molecular flexibility index (Phi) is 3.09. The number of methoxy groups -OCH3 is 1. The first-order chi connectivity index (χ1) is 8.04. The van der Waals surface area contributed by atoms with E-state index < -0.39 is 0 Å². The molecule has 0 aliphatic carbocycles. The number of rotatable bonds is 3. The van der Waals surface area contributed by atoms with E-state index in [9.17, 15) is 9.59 Å². The Hall–Kier alpha value is -1.52. The number of fused-ring (bicyclic) bond motifs is 1. The topological polar surface area (TPSA) is 55.8 Å². The molecule has 2 fully saturated rings. The van der Waals surface area contributed by atoms with E-state index in [1.807, 2.05) is 6.92 Å². The normalized spacial score (nSPS) is 31.1. The van der Waals surface area contributed by atoms with Crippen LogP contribution >= 0.6 is 0 Å². The molecule has 0 saturated carbocycles. The number of ether oxygens (including phenoxy) is 2. The van der Waals surface area contributed by atoms with E-state index in [1.165, 1.54) is 7.11 Å². The molecular weight excluding hydrogens is 222 g/mol. The van der Waals surface area contributed by atoms with Gasteiger partial charge in [0.1, 0.15) is 6.61 Å². The average molecular weight is 239 g/mol. The molecule has 5 heteroatoms. The Labute approximate surface area is 100 Å². The first kappa shape index (κ1) is 12.0. The number of carbonyl (C=O) groups excluding carboxylic acids is 2. The number of esters is 1. The molecule has 2 aliphatic rings. The van der Waals surface area contributed by atoms with Gasteiger partial charge in [0, 0.05) is 18.4 Å². The first-order valence-corrected chi connectivity index (χ1v) is 5.70. The smallest absolute Gasteiger partial charge is 0.410 e. The van der Waals surface area contributed by atoms with Gasteiger partial charge in [0.05, 0.1) is 19.6 Å². The van der Waals surface area contributed by atoms with Crippen molar-refractivity contribution in [1.29, 1.82) is 0 Å². The number of carbonyl (C=O) groups is 2. The Morgan fingerprint density at radius 3 is 2.94 bits per heavy atom. The van der Waals surface area contributed by atoms with Crippen LogP contribution in [0.5, 0.6) is 0 Å². The first-order valence-electron chi connectivity index (χ1n) is 5.70. The second-order valence-electron chi connectivity index (χ2n) is 4.69. The molecule has 0 aromatic carbocycles. The van der Waals surface area contributed by atoms with Crippen molar-refractivity contribution in [3.05, 3.63) is 12.2 Å². The third-order valence-electron chi connectivity index (χ3n) is 3.68. The number of amides is 1. The molecule has 2 heterocycles. The minimum Gasteiger partial charge on any atom is -0.469 e. The molecule has 0 spiro atoms. The van der Waals surface area contributed by atoms with E-state index in [0.717, 1.165) is 5.57 Å². The second-order valence-corrected chi connectivity index (χ2v) is 4.69. The fourth-order valence-corrected chi connectivity index (χ4v) is 2.72. The van der Waals surface area contributed by atoms with Crippen molar-refractivity contribution >= 4 is 12.1 Å². The van der Waals surface area contributed by atoms with Gasteiger partial charge in [-0.1, -0.05) is 12.2 Å². The van der Waals surface area contributed by atoms with Gasteiger partial charge in [0.2, 0.25) is 0 Å². The predicted molar refractivity (Wildman–Crippen MR) is 60.3 cm³/mol. The SMILES string of the molecule is C=C(C)[C@@H]1CN2C(=O)OC[C@@H]2[C@@H]1CC(=O)OC.